The number of nitrogens with zero attached hydrogens (tertiary/aromatic N) is 2. The Kier molecular flexibility index (Phi) is 3.67. The molecule has 104 valence electrons. The Morgan fingerprint density at radius 1 is 1.30 bits per heavy atom. The highest BCUT2D eigenvalue weighted by Gasteiger charge is 2.23. The van der Waals surface area contributed by atoms with E-state index < -0.39 is 5.41 Å². The van der Waals surface area contributed by atoms with E-state index in [2.05, 4.69) is 55.0 Å². The van der Waals surface area contributed by atoms with E-state index >= 15 is 0 Å². The van der Waals surface area contributed by atoms with Crippen molar-refractivity contribution in [2.75, 3.05) is 0 Å². The number of benzene rings is 1. The molecule has 0 radical (unpaired) electrons. The van der Waals surface area contributed by atoms with Gasteiger partial charge in [0.05, 0.1) is 18.0 Å². The van der Waals surface area contributed by atoms with Gasteiger partial charge in [-0.1, -0.05) is 26.0 Å². The van der Waals surface area contributed by atoms with E-state index in [1.165, 1.54) is 11.1 Å². The number of rotatable bonds is 3. The highest BCUT2D eigenvalue weighted by molar-refractivity contribution is 5.64. The van der Waals surface area contributed by atoms with Gasteiger partial charge in [0.15, 0.2) is 0 Å². The first kappa shape index (κ1) is 14.3. The van der Waals surface area contributed by atoms with E-state index in [-0.39, 0.29) is 0 Å². The highest BCUT2D eigenvalue weighted by atomic mass is 14.9. The van der Waals surface area contributed by atoms with Gasteiger partial charge in [0, 0.05) is 5.56 Å². The Bertz CT molecular complexity index is 657. The van der Waals surface area contributed by atoms with Crippen LogP contribution in [0.4, 0.5) is 0 Å². The summed E-state index contributed by atoms with van der Waals surface area (Å²) in [5.74, 6) is 1.21. The monoisotopic (exact) mass is 267 g/mol. The van der Waals surface area contributed by atoms with Gasteiger partial charge >= 0.3 is 0 Å². The van der Waals surface area contributed by atoms with Crippen LogP contribution in [-0.2, 0) is 5.41 Å². The first-order chi connectivity index (χ1) is 9.35. The van der Waals surface area contributed by atoms with Crippen molar-refractivity contribution in [2.24, 2.45) is 0 Å². The molecular weight excluding hydrogens is 246 g/mol. The summed E-state index contributed by atoms with van der Waals surface area (Å²) < 4.78 is 0. The molecule has 3 nitrogen and oxygen atoms in total. The van der Waals surface area contributed by atoms with Crippen LogP contribution in [-0.4, -0.2) is 9.97 Å². The zero-order chi connectivity index (χ0) is 14.9. The number of imidazole rings is 1. The molecule has 0 spiro atoms. The number of aromatic nitrogens is 2. The third kappa shape index (κ3) is 2.60. The molecule has 0 saturated carbocycles. The first-order valence-corrected chi connectivity index (χ1v) is 6.93. The predicted molar refractivity (Wildman–Crippen MR) is 81.5 cm³/mol. The Hall–Kier alpha value is -2.08. The Labute approximate surface area is 120 Å². The number of nitrogens with one attached hydrogen (secondary N) is 1. The number of hydrogen-bond donors (Lipinski definition) is 1. The molecule has 0 unspecified atom stereocenters. The Morgan fingerprint density at radius 2 is 2.00 bits per heavy atom. The molecule has 0 aliphatic carbocycles. The molecule has 1 aromatic carbocycles. The molecule has 0 amide bonds. The molecule has 3 heteroatoms. The zero-order valence-corrected chi connectivity index (χ0v) is 12.8. The van der Waals surface area contributed by atoms with E-state index in [9.17, 15) is 5.26 Å². The van der Waals surface area contributed by atoms with Gasteiger partial charge in [-0.15, -0.1) is 0 Å². The van der Waals surface area contributed by atoms with Crippen molar-refractivity contribution in [3.8, 4) is 17.3 Å². The van der Waals surface area contributed by atoms with Crippen LogP contribution in [0, 0.1) is 18.3 Å². The number of hydrogen-bond acceptors (Lipinski definition) is 2. The minimum absolute atomic E-state index is 0.493. The van der Waals surface area contributed by atoms with Crippen LogP contribution in [0.25, 0.3) is 11.3 Å². The van der Waals surface area contributed by atoms with Crippen molar-refractivity contribution in [3.05, 3.63) is 41.3 Å². The highest BCUT2D eigenvalue weighted by Crippen LogP contribution is 2.28. The average Bonchev–Trinajstić information content (AvgIpc) is 2.89. The maximum absolute atomic E-state index is 9.19. The second-order valence-corrected chi connectivity index (χ2v) is 6.11. The van der Waals surface area contributed by atoms with Gasteiger partial charge < -0.3 is 4.98 Å². The molecular formula is C17H21N3. The topological polar surface area (TPSA) is 52.5 Å². The van der Waals surface area contributed by atoms with Gasteiger partial charge in [0.25, 0.3) is 0 Å². The summed E-state index contributed by atoms with van der Waals surface area (Å²) >= 11 is 0. The van der Waals surface area contributed by atoms with Gasteiger partial charge in [-0.25, -0.2) is 4.98 Å². The standard InChI is InChI=1S/C17H21N3/c1-11(2)13-7-6-12(3)14(8-13)15-9-19-16(20-15)17(4,5)10-18/h6-9,11H,1-5H3,(H,19,20). The van der Waals surface area contributed by atoms with Crippen molar-refractivity contribution >= 4 is 0 Å². The minimum atomic E-state index is -0.595. The lowest BCUT2D eigenvalue weighted by Crippen LogP contribution is -2.15. The van der Waals surface area contributed by atoms with Crippen LogP contribution in [0.3, 0.4) is 0 Å². The number of aromatic amines is 1. The summed E-state index contributed by atoms with van der Waals surface area (Å²) in [4.78, 5) is 7.67. The van der Waals surface area contributed by atoms with Gasteiger partial charge in [-0.05, 0) is 43.9 Å². The van der Waals surface area contributed by atoms with Crippen LogP contribution in [0.1, 0.15) is 50.6 Å². The first-order valence-electron chi connectivity index (χ1n) is 6.93. The molecule has 2 rings (SSSR count). The Morgan fingerprint density at radius 3 is 2.60 bits per heavy atom. The van der Waals surface area contributed by atoms with Crippen molar-refractivity contribution in [3.63, 3.8) is 0 Å². The lowest BCUT2D eigenvalue weighted by atomic mass is 9.95. The van der Waals surface area contributed by atoms with Crippen LogP contribution in [0.15, 0.2) is 24.4 Å². The van der Waals surface area contributed by atoms with Crippen LogP contribution in [0.5, 0.6) is 0 Å². The maximum atomic E-state index is 9.19. The van der Waals surface area contributed by atoms with Crippen molar-refractivity contribution in [1.82, 2.24) is 9.97 Å². The molecule has 0 bridgehead atoms. The molecule has 0 atom stereocenters. The molecule has 0 aliphatic heterocycles. The summed E-state index contributed by atoms with van der Waals surface area (Å²) in [6.45, 7) is 10.2. The fraction of sp³-hybridized carbons (Fsp3) is 0.412. The van der Waals surface area contributed by atoms with Gasteiger partial charge in [0.2, 0.25) is 0 Å². The van der Waals surface area contributed by atoms with E-state index in [0.29, 0.717) is 11.7 Å². The average molecular weight is 267 g/mol. The van der Waals surface area contributed by atoms with E-state index in [4.69, 9.17) is 0 Å². The second kappa shape index (κ2) is 5.13. The fourth-order valence-corrected chi connectivity index (χ4v) is 2.12. The smallest absolute Gasteiger partial charge is 0.126 e. The fourth-order valence-electron chi connectivity index (χ4n) is 2.12. The zero-order valence-electron chi connectivity index (χ0n) is 12.8. The van der Waals surface area contributed by atoms with Gasteiger partial charge in [-0.2, -0.15) is 5.26 Å². The molecule has 0 aliphatic rings. The molecule has 0 fully saturated rings. The molecule has 2 aromatic rings. The summed E-state index contributed by atoms with van der Waals surface area (Å²) in [6.07, 6.45) is 1.82. The second-order valence-electron chi connectivity index (χ2n) is 6.11. The van der Waals surface area contributed by atoms with E-state index in [1.807, 2.05) is 20.0 Å². The quantitative estimate of drug-likeness (QED) is 0.900. The molecule has 0 saturated heterocycles. The third-order valence-corrected chi connectivity index (χ3v) is 3.67. The lowest BCUT2D eigenvalue weighted by molar-refractivity contribution is 0.640. The minimum Gasteiger partial charge on any atom is -0.341 e. The summed E-state index contributed by atoms with van der Waals surface area (Å²) in [7, 11) is 0. The van der Waals surface area contributed by atoms with Crippen molar-refractivity contribution in [1.29, 1.82) is 5.26 Å². The van der Waals surface area contributed by atoms with Crippen molar-refractivity contribution in [2.45, 2.75) is 46.0 Å². The summed E-state index contributed by atoms with van der Waals surface area (Å²) in [6, 6.07) is 8.78. The van der Waals surface area contributed by atoms with Crippen molar-refractivity contribution < 1.29 is 0 Å². The summed E-state index contributed by atoms with van der Waals surface area (Å²) in [5.41, 5.74) is 4.05. The summed E-state index contributed by atoms with van der Waals surface area (Å²) in [5, 5.41) is 9.19. The number of H-pyrrole nitrogens is 1. The normalized spacial score (nSPS) is 11.7. The van der Waals surface area contributed by atoms with Crippen LogP contribution < -0.4 is 0 Å². The van der Waals surface area contributed by atoms with Crippen LogP contribution >= 0.6 is 0 Å². The maximum Gasteiger partial charge on any atom is 0.126 e. The van der Waals surface area contributed by atoms with Crippen LogP contribution in [0.2, 0.25) is 0 Å². The number of nitriles is 1. The lowest BCUT2D eigenvalue weighted by Gasteiger charge is -2.12. The third-order valence-electron chi connectivity index (χ3n) is 3.67. The largest absolute Gasteiger partial charge is 0.341 e. The van der Waals surface area contributed by atoms with Gasteiger partial charge in [-0.3, -0.25) is 0 Å². The molecule has 1 aromatic heterocycles. The van der Waals surface area contributed by atoms with E-state index in [1.54, 1.807) is 0 Å². The number of aryl methyl sites for hydroxylation is 1. The Balaban J connectivity index is 2.48. The predicted octanol–water partition coefficient (Wildman–Crippen LogP) is 4.31. The molecule has 1 heterocycles. The molecule has 1 N–H and O–H groups in total. The van der Waals surface area contributed by atoms with E-state index in [0.717, 1.165) is 11.3 Å². The van der Waals surface area contributed by atoms with Gasteiger partial charge in [0.1, 0.15) is 11.2 Å². The SMILES string of the molecule is Cc1ccc(C(C)C)cc1-c1cnc(C(C)(C)C#N)[nH]1. The molecule has 20 heavy (non-hydrogen) atoms.